The van der Waals surface area contributed by atoms with Crippen molar-refractivity contribution in [1.29, 1.82) is 0 Å². The first kappa shape index (κ1) is 55.6. The number of carbonyl (C=O) groups excluding carboxylic acids is 8. The van der Waals surface area contributed by atoms with Crippen molar-refractivity contribution < 1.29 is 58.5 Å². The van der Waals surface area contributed by atoms with Crippen molar-refractivity contribution in [2.24, 2.45) is 39.8 Å². The number of primary amides is 1. The number of aliphatic hydroxyl groups is 1. The number of aromatic hydroxyl groups is 1. The van der Waals surface area contributed by atoms with Gasteiger partial charge in [-0.15, -0.1) is 0 Å². The Morgan fingerprint density at radius 3 is 1.86 bits per heavy atom. The summed E-state index contributed by atoms with van der Waals surface area (Å²) >= 11 is 0. The number of hydrogen-bond donors (Lipinski definition) is 13. The number of phenols is 1. The van der Waals surface area contributed by atoms with Crippen molar-refractivity contribution in [3.05, 3.63) is 29.8 Å². The van der Waals surface area contributed by atoms with Crippen LogP contribution in [-0.2, 0) is 49.6 Å². The van der Waals surface area contributed by atoms with Crippen molar-refractivity contribution >= 4 is 59.2 Å². The van der Waals surface area contributed by atoms with E-state index < -0.39 is 126 Å². The van der Waals surface area contributed by atoms with Gasteiger partial charge in [0.05, 0.1) is 18.2 Å². The summed E-state index contributed by atoms with van der Waals surface area (Å²) in [6.45, 7) is 9.52. The first-order valence-corrected chi connectivity index (χ1v) is 21.7. The molecule has 24 nitrogen and oxygen atoms in total. The van der Waals surface area contributed by atoms with Gasteiger partial charge in [0.25, 0.3) is 0 Å². The SMILES string of the molecule is CC(C)CC(NC(=O)C(CCC(=O)O)NC(=O)C(NC(=O)C(NC(=O)C(Cc1ccc(O)cc1)NC(=O)C(N)CCCN=C(N)N)C(C)O)C(C)C)C(=O)NC1CC(=O)N(C(C)C(N)=O)C1. The van der Waals surface area contributed by atoms with Crippen molar-refractivity contribution in [2.75, 3.05) is 13.1 Å². The number of rotatable bonds is 27. The van der Waals surface area contributed by atoms with Crippen molar-refractivity contribution in [3.63, 3.8) is 0 Å². The summed E-state index contributed by atoms with van der Waals surface area (Å²) in [5.74, 6) is -8.68. The Morgan fingerprint density at radius 1 is 0.758 bits per heavy atom. The Balaban J connectivity index is 2.29. The highest BCUT2D eigenvalue weighted by Gasteiger charge is 2.38. The molecule has 0 saturated carbocycles. The van der Waals surface area contributed by atoms with E-state index in [1.807, 2.05) is 0 Å². The average Bonchev–Trinajstić information content (AvgIpc) is 3.59. The van der Waals surface area contributed by atoms with Crippen LogP contribution in [0.15, 0.2) is 29.3 Å². The van der Waals surface area contributed by atoms with Crippen LogP contribution in [0.5, 0.6) is 5.75 Å². The zero-order valence-corrected chi connectivity index (χ0v) is 38.2. The van der Waals surface area contributed by atoms with E-state index in [1.165, 1.54) is 43.0 Å². The molecule has 66 heavy (non-hydrogen) atoms. The summed E-state index contributed by atoms with van der Waals surface area (Å²) in [6, 6.07) is -4.22. The third-order valence-corrected chi connectivity index (χ3v) is 10.6. The number of aliphatic carboxylic acids is 1. The molecular weight excluding hydrogens is 865 g/mol. The van der Waals surface area contributed by atoms with Gasteiger partial charge in [-0.3, -0.25) is 48.1 Å². The molecule has 2 rings (SSSR count). The number of likely N-dealkylation sites (tertiary alicyclic amines) is 1. The predicted octanol–water partition coefficient (Wildman–Crippen LogP) is -3.72. The molecule has 1 aliphatic heterocycles. The number of benzene rings is 1. The molecule has 9 atom stereocenters. The molecule has 8 amide bonds. The van der Waals surface area contributed by atoms with Crippen molar-refractivity contribution in [2.45, 2.75) is 141 Å². The lowest BCUT2D eigenvalue weighted by atomic mass is 9.99. The highest BCUT2D eigenvalue weighted by molar-refractivity contribution is 5.97. The van der Waals surface area contributed by atoms with Gasteiger partial charge in [-0.05, 0) is 69.1 Å². The number of nitrogens with one attached hydrogen (secondary N) is 6. The van der Waals surface area contributed by atoms with Crippen LogP contribution in [0.4, 0.5) is 0 Å². The maximum Gasteiger partial charge on any atom is 0.303 e. The molecule has 368 valence electrons. The smallest absolute Gasteiger partial charge is 0.303 e. The largest absolute Gasteiger partial charge is 0.508 e. The summed E-state index contributed by atoms with van der Waals surface area (Å²) in [4.78, 5) is 123. The minimum Gasteiger partial charge on any atom is -0.508 e. The number of carboxylic acids is 1. The molecule has 17 N–H and O–H groups in total. The van der Waals surface area contributed by atoms with Gasteiger partial charge in [-0.25, -0.2) is 0 Å². The molecule has 24 heteroatoms. The van der Waals surface area contributed by atoms with Gasteiger partial charge in [0.2, 0.25) is 47.3 Å². The molecule has 0 spiro atoms. The van der Waals surface area contributed by atoms with Crippen molar-refractivity contribution in [1.82, 2.24) is 36.8 Å². The third kappa shape index (κ3) is 18.5. The second kappa shape index (κ2) is 26.4. The maximum atomic E-state index is 13.9. The molecule has 0 bridgehead atoms. The van der Waals surface area contributed by atoms with Crippen LogP contribution in [0.2, 0.25) is 0 Å². The molecule has 1 fully saturated rings. The minimum absolute atomic E-state index is 0.00840. The molecule has 1 saturated heterocycles. The predicted molar refractivity (Wildman–Crippen MR) is 239 cm³/mol. The second-order valence-electron chi connectivity index (χ2n) is 17.2. The fraction of sp³-hybridized carbons (Fsp3) is 0.619. The molecule has 0 aromatic heterocycles. The Hall–Kier alpha value is -6.56. The summed E-state index contributed by atoms with van der Waals surface area (Å²) in [5.41, 5.74) is 22.6. The van der Waals surface area contributed by atoms with E-state index in [4.69, 9.17) is 22.9 Å². The highest BCUT2D eigenvalue weighted by Crippen LogP contribution is 2.17. The van der Waals surface area contributed by atoms with E-state index in [9.17, 15) is 58.5 Å². The van der Waals surface area contributed by atoms with Gasteiger partial charge < -0.3 is 75.1 Å². The van der Waals surface area contributed by atoms with Crippen LogP contribution < -0.4 is 54.8 Å². The van der Waals surface area contributed by atoms with E-state index in [-0.39, 0.29) is 56.4 Å². The first-order chi connectivity index (χ1) is 30.8. The molecule has 0 aliphatic carbocycles. The lowest BCUT2D eigenvalue weighted by molar-refractivity contribution is -0.139. The Morgan fingerprint density at radius 2 is 1.32 bits per heavy atom. The summed E-state index contributed by atoms with van der Waals surface area (Å²) in [7, 11) is 0. The summed E-state index contributed by atoms with van der Waals surface area (Å²) in [5, 5.41) is 45.2. The highest BCUT2D eigenvalue weighted by atomic mass is 16.4. The normalized spacial score (nSPS) is 17.2. The monoisotopic (exact) mass is 933 g/mol. The Kier molecular flexibility index (Phi) is 22.2. The quantitative estimate of drug-likeness (QED) is 0.0229. The van der Waals surface area contributed by atoms with Gasteiger partial charge in [0, 0.05) is 32.4 Å². The first-order valence-electron chi connectivity index (χ1n) is 21.7. The fourth-order valence-electron chi connectivity index (χ4n) is 6.87. The molecule has 1 aromatic rings. The van der Waals surface area contributed by atoms with Gasteiger partial charge in [-0.2, -0.15) is 0 Å². The number of hydrogen-bond acceptors (Lipinski definition) is 13. The van der Waals surface area contributed by atoms with Crippen LogP contribution in [0.1, 0.15) is 85.6 Å². The molecular formula is C42H68N12O12. The lowest BCUT2D eigenvalue weighted by Gasteiger charge is -2.30. The average molecular weight is 933 g/mol. The van der Waals surface area contributed by atoms with E-state index in [0.717, 1.165) is 0 Å². The van der Waals surface area contributed by atoms with Gasteiger partial charge in [0.15, 0.2) is 5.96 Å². The third-order valence-electron chi connectivity index (χ3n) is 10.6. The number of amides is 8. The van der Waals surface area contributed by atoms with Crippen LogP contribution in [0.3, 0.4) is 0 Å². The van der Waals surface area contributed by atoms with Crippen LogP contribution in [-0.4, -0.2) is 147 Å². The molecule has 9 unspecified atom stereocenters. The van der Waals surface area contributed by atoms with Crippen molar-refractivity contribution in [3.8, 4) is 5.75 Å². The molecule has 1 aliphatic rings. The zero-order chi connectivity index (χ0) is 50.0. The number of aliphatic imine (C=N–C) groups is 1. The zero-order valence-electron chi connectivity index (χ0n) is 38.2. The minimum atomic E-state index is -1.71. The standard InChI is InChI=1S/C42H68N12O12/c1-20(2)16-29(38(63)48-25-18-31(57)54(19-25)22(5)35(44)60)51-37(62)28(13-14-32(58)59)49-40(65)33(21(3)4)52-41(66)34(23(6)55)53-39(64)30(17-24-9-11-26(56)12-10-24)50-36(61)27(43)8-7-15-47-42(45)46/h9-12,20-23,25,27-30,33-34,55-56H,7-8,13-19,43H2,1-6H3,(H2,44,60)(H,48,63)(H,49,65)(H,50,61)(H,51,62)(H,52,66)(H,53,64)(H,58,59)(H4,45,46,47). The molecule has 0 radical (unpaired) electrons. The summed E-state index contributed by atoms with van der Waals surface area (Å²) < 4.78 is 0. The van der Waals surface area contributed by atoms with Gasteiger partial charge in [0.1, 0.15) is 42.0 Å². The van der Waals surface area contributed by atoms with Crippen LogP contribution in [0.25, 0.3) is 0 Å². The van der Waals surface area contributed by atoms with E-state index in [0.29, 0.717) is 12.0 Å². The number of guanidine groups is 1. The topological polar surface area (TPSA) is 406 Å². The van der Waals surface area contributed by atoms with E-state index in [1.54, 1.807) is 27.7 Å². The van der Waals surface area contributed by atoms with E-state index >= 15 is 0 Å². The number of carboxylic acid groups (broad SMARTS) is 1. The lowest BCUT2D eigenvalue weighted by Crippen LogP contribution is -2.62. The fourth-order valence-corrected chi connectivity index (χ4v) is 6.87. The second-order valence-corrected chi connectivity index (χ2v) is 17.2. The number of nitrogens with two attached hydrogens (primary N) is 4. The van der Waals surface area contributed by atoms with Gasteiger partial charge in [-0.1, -0.05) is 39.8 Å². The van der Waals surface area contributed by atoms with Crippen LogP contribution >= 0.6 is 0 Å². The summed E-state index contributed by atoms with van der Waals surface area (Å²) in [6.07, 6.45) is -2.27. The number of nitrogens with zero attached hydrogens (tertiary/aromatic N) is 2. The Bertz CT molecular complexity index is 1910. The number of aliphatic hydroxyl groups excluding tert-OH is 1. The number of phenolic OH excluding ortho intramolecular Hbond substituents is 1. The van der Waals surface area contributed by atoms with Gasteiger partial charge >= 0.3 is 5.97 Å². The van der Waals surface area contributed by atoms with E-state index in [2.05, 4.69) is 36.9 Å². The maximum absolute atomic E-state index is 13.9. The number of carbonyl (C=O) groups is 9. The Labute approximate surface area is 383 Å². The molecule has 1 heterocycles. The molecule has 1 aromatic carbocycles. The van der Waals surface area contributed by atoms with Crippen LogP contribution in [0, 0.1) is 11.8 Å².